The lowest BCUT2D eigenvalue weighted by molar-refractivity contribution is -0.135. The van der Waals surface area contributed by atoms with E-state index in [2.05, 4.69) is 20.0 Å². The summed E-state index contributed by atoms with van der Waals surface area (Å²) in [6.45, 7) is 3.38. The Bertz CT molecular complexity index is 1340. The van der Waals surface area contributed by atoms with Gasteiger partial charge in [0.05, 0.1) is 18.0 Å². The molecule has 2 fully saturated rings. The second kappa shape index (κ2) is 9.47. The van der Waals surface area contributed by atoms with Crippen LogP contribution in [-0.4, -0.2) is 89.1 Å². The first-order chi connectivity index (χ1) is 16.9. The topological polar surface area (TPSA) is 131 Å². The van der Waals surface area contributed by atoms with Crippen molar-refractivity contribution in [1.82, 2.24) is 29.0 Å². The highest BCUT2D eigenvalue weighted by atomic mass is 32.2. The minimum absolute atomic E-state index is 0.0365. The number of piperazine rings is 1. The van der Waals surface area contributed by atoms with Crippen LogP contribution in [0.1, 0.15) is 6.42 Å². The van der Waals surface area contributed by atoms with Gasteiger partial charge in [-0.2, -0.15) is 4.31 Å². The number of hydrogen-bond acceptors (Lipinski definition) is 8. The van der Waals surface area contributed by atoms with E-state index in [4.69, 9.17) is 5.73 Å². The number of carbonyl (C=O) groups excluding carboxylic acids is 1. The average molecular weight is 503 g/mol. The number of nitrogens with two attached hydrogens (primary N) is 1. The van der Waals surface area contributed by atoms with Crippen LogP contribution in [0.15, 0.2) is 41.9 Å². The van der Waals surface area contributed by atoms with Crippen LogP contribution in [0.5, 0.6) is 0 Å². The van der Waals surface area contributed by atoms with E-state index in [9.17, 15) is 17.6 Å². The number of anilines is 1. The third-order valence-corrected chi connectivity index (χ3v) is 8.22. The number of aromatic nitrogens is 4. The first-order valence-corrected chi connectivity index (χ1v) is 13.0. The Kier molecular flexibility index (Phi) is 6.38. The summed E-state index contributed by atoms with van der Waals surface area (Å²) in [5.41, 5.74) is 7.04. The number of carbonyl (C=O) groups is 1. The third kappa shape index (κ3) is 4.58. The highest BCUT2D eigenvalue weighted by Crippen LogP contribution is 2.28. The number of amides is 1. The van der Waals surface area contributed by atoms with Gasteiger partial charge in [0.25, 0.3) is 15.2 Å². The molecular formula is C22H27FN8O3S. The second-order valence-electron chi connectivity index (χ2n) is 8.73. The van der Waals surface area contributed by atoms with Gasteiger partial charge in [-0.05, 0) is 24.6 Å². The predicted molar refractivity (Wildman–Crippen MR) is 126 cm³/mol. The molecule has 0 spiro atoms. The van der Waals surface area contributed by atoms with Gasteiger partial charge in [0, 0.05) is 69.2 Å². The second-order valence-corrected chi connectivity index (χ2v) is 10.6. The first kappa shape index (κ1) is 23.6. The Hall–Kier alpha value is -3.16. The maximum Gasteiger partial charge on any atom is 0.282 e. The van der Waals surface area contributed by atoms with Gasteiger partial charge in [-0.25, -0.2) is 17.8 Å². The maximum atomic E-state index is 13.6. The molecule has 186 valence electrons. The number of rotatable bonds is 6. The van der Waals surface area contributed by atoms with Crippen molar-refractivity contribution < 1.29 is 17.6 Å². The fourth-order valence-corrected chi connectivity index (χ4v) is 6.05. The molecule has 4 heterocycles. The molecule has 35 heavy (non-hydrogen) atoms. The van der Waals surface area contributed by atoms with Crippen LogP contribution in [0.25, 0.3) is 10.9 Å². The number of hydrogen-bond donors (Lipinski definition) is 1. The monoisotopic (exact) mass is 502 g/mol. The first-order valence-electron chi connectivity index (χ1n) is 11.5. The molecule has 0 aliphatic carbocycles. The summed E-state index contributed by atoms with van der Waals surface area (Å²) < 4.78 is 42.1. The number of sulfonamides is 1. The Morgan fingerprint density at radius 2 is 1.91 bits per heavy atom. The minimum Gasteiger partial charge on any atom is -0.367 e. The molecule has 5 rings (SSSR count). The average Bonchev–Trinajstić information content (AvgIpc) is 3.54. The normalized spacial score (nSPS) is 19.5. The molecule has 13 heteroatoms. The Balaban J connectivity index is 1.21. The van der Waals surface area contributed by atoms with Gasteiger partial charge in [-0.3, -0.25) is 14.5 Å². The largest absolute Gasteiger partial charge is 0.367 e. The van der Waals surface area contributed by atoms with Crippen molar-refractivity contribution in [3.8, 4) is 0 Å². The van der Waals surface area contributed by atoms with Gasteiger partial charge in [0.15, 0.2) is 0 Å². The fraction of sp³-hybridized carbons (Fsp3) is 0.455. The molecule has 1 atom stereocenters. The molecular weight excluding hydrogens is 475 g/mol. The van der Waals surface area contributed by atoms with Crippen LogP contribution in [-0.2, 0) is 21.4 Å². The lowest BCUT2D eigenvalue weighted by atomic mass is 10.1. The highest BCUT2D eigenvalue weighted by molar-refractivity contribution is 7.89. The zero-order chi connectivity index (χ0) is 24.6. The van der Waals surface area contributed by atoms with Gasteiger partial charge < -0.3 is 15.5 Å². The van der Waals surface area contributed by atoms with E-state index < -0.39 is 15.9 Å². The summed E-state index contributed by atoms with van der Waals surface area (Å²) in [7, 11) is -3.86. The van der Waals surface area contributed by atoms with Crippen LogP contribution >= 0.6 is 0 Å². The molecule has 11 nitrogen and oxygen atoms in total. The summed E-state index contributed by atoms with van der Waals surface area (Å²) >= 11 is 0. The quantitative estimate of drug-likeness (QED) is 0.509. The lowest BCUT2D eigenvalue weighted by Crippen LogP contribution is -2.50. The molecule has 0 saturated carbocycles. The van der Waals surface area contributed by atoms with Crippen LogP contribution in [0.2, 0.25) is 0 Å². The number of fused-ring (bicyclic) bond motifs is 1. The molecule has 2 aliphatic rings. The van der Waals surface area contributed by atoms with Gasteiger partial charge in [0.2, 0.25) is 5.91 Å². The van der Waals surface area contributed by atoms with E-state index >= 15 is 0 Å². The molecule has 2 saturated heterocycles. The van der Waals surface area contributed by atoms with Crippen LogP contribution < -0.4 is 10.6 Å². The third-order valence-electron chi connectivity index (χ3n) is 6.56. The zero-order valence-corrected chi connectivity index (χ0v) is 19.9. The summed E-state index contributed by atoms with van der Waals surface area (Å²) in [5, 5.41) is 4.61. The standard InChI is InChI=1S/C22H27FN8O3S/c23-17-1-2-18-19(13-17)25-6-3-20(18)28-9-11-29(12-10-28)21(32)16-4-7-31(14-16)35(33,34)22-26-15-30(27-22)8-5-24/h1-3,6,13,15-16H,4-5,7-12,14,24H2/t16-/m0/s1. The SMILES string of the molecule is NCCn1cnc(S(=O)(=O)N2CC[C@H](C(=O)N3CCN(c4ccnc5cc(F)ccc45)CC3)C2)n1. The van der Waals surface area contributed by atoms with E-state index in [1.165, 1.54) is 27.4 Å². The van der Waals surface area contributed by atoms with E-state index in [0.717, 1.165) is 11.1 Å². The van der Waals surface area contributed by atoms with E-state index in [-0.39, 0.29) is 30.0 Å². The van der Waals surface area contributed by atoms with Crippen molar-refractivity contribution in [3.63, 3.8) is 0 Å². The van der Waals surface area contributed by atoms with Gasteiger partial charge in [0.1, 0.15) is 12.1 Å². The maximum absolute atomic E-state index is 13.6. The zero-order valence-electron chi connectivity index (χ0n) is 19.1. The molecule has 1 aromatic carbocycles. The van der Waals surface area contributed by atoms with Gasteiger partial charge in [-0.1, -0.05) is 0 Å². The number of benzene rings is 1. The van der Waals surface area contributed by atoms with Crippen LogP contribution in [0.4, 0.5) is 10.1 Å². The molecule has 1 amide bonds. The molecule has 0 radical (unpaired) electrons. The van der Waals surface area contributed by atoms with Crippen molar-refractivity contribution >= 4 is 32.5 Å². The summed E-state index contributed by atoms with van der Waals surface area (Å²) in [6, 6.07) is 6.47. The summed E-state index contributed by atoms with van der Waals surface area (Å²) in [6.07, 6.45) is 3.47. The molecule has 0 unspecified atom stereocenters. The Labute approximate surface area is 202 Å². The van der Waals surface area contributed by atoms with Crippen LogP contribution in [0.3, 0.4) is 0 Å². The minimum atomic E-state index is -3.86. The Morgan fingerprint density at radius 3 is 2.69 bits per heavy atom. The summed E-state index contributed by atoms with van der Waals surface area (Å²) in [5.74, 6) is -0.761. The predicted octanol–water partition coefficient (Wildman–Crippen LogP) is 0.284. The number of halogens is 1. The van der Waals surface area contributed by atoms with Gasteiger partial charge >= 0.3 is 0 Å². The molecule has 0 bridgehead atoms. The van der Waals surface area contributed by atoms with Crippen molar-refractivity contribution in [2.24, 2.45) is 11.7 Å². The van der Waals surface area contributed by atoms with Crippen molar-refractivity contribution in [3.05, 3.63) is 42.6 Å². The highest BCUT2D eigenvalue weighted by Gasteiger charge is 2.39. The smallest absolute Gasteiger partial charge is 0.282 e. The van der Waals surface area contributed by atoms with E-state index in [0.29, 0.717) is 51.2 Å². The lowest BCUT2D eigenvalue weighted by Gasteiger charge is -2.37. The molecule has 2 aromatic heterocycles. The number of pyridine rings is 1. The summed E-state index contributed by atoms with van der Waals surface area (Å²) in [4.78, 5) is 25.3. The van der Waals surface area contributed by atoms with E-state index in [1.807, 2.05) is 6.07 Å². The molecule has 3 aromatic rings. The number of nitrogens with zero attached hydrogens (tertiary/aromatic N) is 7. The van der Waals surface area contributed by atoms with Gasteiger partial charge in [-0.15, -0.1) is 5.10 Å². The van der Waals surface area contributed by atoms with Crippen LogP contribution in [0, 0.1) is 11.7 Å². The van der Waals surface area contributed by atoms with Crippen molar-refractivity contribution in [2.75, 3.05) is 50.7 Å². The van der Waals surface area contributed by atoms with Crippen molar-refractivity contribution in [1.29, 1.82) is 0 Å². The fourth-order valence-electron chi connectivity index (χ4n) is 4.71. The Morgan fingerprint density at radius 1 is 1.11 bits per heavy atom. The molecule has 2 N–H and O–H groups in total. The van der Waals surface area contributed by atoms with E-state index in [1.54, 1.807) is 17.2 Å². The molecule has 2 aliphatic heterocycles. The van der Waals surface area contributed by atoms with Crippen molar-refractivity contribution in [2.45, 2.75) is 18.1 Å².